The number of carbonyl (C=O) groups excluding carboxylic acids is 2. The topological polar surface area (TPSA) is 341 Å². The fourth-order valence-electron chi connectivity index (χ4n) is 8.95. The Bertz CT molecular complexity index is 1840. The highest BCUT2D eigenvalue weighted by atomic mass is 16.7. The molecule has 14 N–H and O–H groups in total. The van der Waals surface area contributed by atoms with Gasteiger partial charge in [-0.3, -0.25) is 9.59 Å². The molecule has 1 amide bonds. The molecule has 4 rings (SSSR count). The minimum atomic E-state index is -2.32. The Balaban J connectivity index is 1.60. The van der Waals surface area contributed by atoms with Crippen LogP contribution in [0.15, 0.2) is 85.1 Å². The Morgan fingerprint density at radius 2 is 1.27 bits per heavy atom. The average Bonchev–Trinajstić information content (AvgIpc) is 3.70. The second kappa shape index (κ2) is 29.4. The largest absolute Gasteiger partial charge is 0.462 e. The number of esters is 1. The molecule has 20 heteroatoms. The molecule has 0 aromatic heterocycles. The summed E-state index contributed by atoms with van der Waals surface area (Å²) < 4.78 is 29.0. The van der Waals surface area contributed by atoms with Crippen molar-refractivity contribution in [3.63, 3.8) is 0 Å². The molecular formula is C51H80N2O18. The van der Waals surface area contributed by atoms with E-state index in [4.69, 9.17) is 29.4 Å². The van der Waals surface area contributed by atoms with E-state index < -0.39 is 159 Å². The summed E-state index contributed by atoms with van der Waals surface area (Å²) in [5.41, 5.74) is 6.10. The molecule has 0 saturated carbocycles. The highest BCUT2D eigenvalue weighted by Gasteiger charge is 2.51. The lowest BCUT2D eigenvalue weighted by Gasteiger charge is -2.46. The Hall–Kier alpha value is -3.52. The molecule has 3 fully saturated rings. The van der Waals surface area contributed by atoms with Crippen molar-refractivity contribution >= 4 is 11.9 Å². The monoisotopic (exact) mass is 1010 g/mol. The summed E-state index contributed by atoms with van der Waals surface area (Å²) in [5.74, 6) is -5.95. The van der Waals surface area contributed by atoms with Gasteiger partial charge in [0.15, 0.2) is 12.1 Å². The van der Waals surface area contributed by atoms with Gasteiger partial charge >= 0.3 is 5.97 Å². The zero-order valence-corrected chi connectivity index (χ0v) is 41.1. The summed E-state index contributed by atoms with van der Waals surface area (Å²) in [5, 5.41) is 123. The Morgan fingerprint density at radius 3 is 1.87 bits per heavy atom. The highest BCUT2D eigenvalue weighted by molar-refractivity contribution is 5.80. The van der Waals surface area contributed by atoms with Crippen molar-refractivity contribution in [2.75, 3.05) is 13.2 Å². The van der Waals surface area contributed by atoms with Gasteiger partial charge in [-0.15, -0.1) is 0 Å². The van der Waals surface area contributed by atoms with Crippen LogP contribution >= 0.6 is 0 Å². The second-order valence-corrected chi connectivity index (χ2v) is 19.4. The molecule has 0 aliphatic carbocycles. The first-order chi connectivity index (χ1) is 33.6. The predicted octanol–water partition coefficient (Wildman–Crippen LogP) is -0.497. The van der Waals surface area contributed by atoms with E-state index >= 15 is 0 Å². The van der Waals surface area contributed by atoms with Crippen LogP contribution in [0, 0.1) is 17.8 Å². The number of aliphatic hydroxyl groups excluding tert-OH is 10. The van der Waals surface area contributed by atoms with Crippen LogP contribution < -0.4 is 11.1 Å². The van der Waals surface area contributed by atoms with E-state index in [1.54, 1.807) is 81.5 Å². The molecular weight excluding hydrogens is 929 g/mol. The highest BCUT2D eigenvalue weighted by Crippen LogP contribution is 2.38. The molecule has 0 radical (unpaired) electrons. The fraction of sp³-hybridized carbons (Fsp3) is 0.686. The lowest BCUT2D eigenvalue weighted by Crippen LogP contribution is -2.62. The van der Waals surface area contributed by atoms with Gasteiger partial charge in [0.2, 0.25) is 5.91 Å². The maximum absolute atomic E-state index is 13.9. The van der Waals surface area contributed by atoms with Crippen LogP contribution in [0.3, 0.4) is 0 Å². The van der Waals surface area contributed by atoms with Crippen LogP contribution in [-0.4, -0.2) is 191 Å². The molecule has 0 spiro atoms. The number of allylic oxidation sites excluding steroid dienone is 12. The minimum Gasteiger partial charge on any atom is -0.462 e. The van der Waals surface area contributed by atoms with Crippen LogP contribution in [-0.2, 0) is 33.3 Å². The third kappa shape index (κ3) is 19.4. The number of fused-ring (bicyclic) bond motifs is 2. The summed E-state index contributed by atoms with van der Waals surface area (Å²) in [6.45, 7) is 6.72. The molecule has 0 unspecified atom stereocenters. The normalized spacial score (nSPS) is 45.8. The number of aliphatic hydroxyl groups is 11. The van der Waals surface area contributed by atoms with Gasteiger partial charge in [0, 0.05) is 37.5 Å². The van der Waals surface area contributed by atoms with Gasteiger partial charge in [0.05, 0.1) is 111 Å². The third-order valence-corrected chi connectivity index (χ3v) is 13.4. The zero-order valence-electron chi connectivity index (χ0n) is 41.1. The van der Waals surface area contributed by atoms with Gasteiger partial charge in [-0.05, 0) is 33.1 Å². The summed E-state index contributed by atoms with van der Waals surface area (Å²) >= 11 is 0. The van der Waals surface area contributed by atoms with Gasteiger partial charge in [-0.1, -0.05) is 98.9 Å². The maximum Gasteiger partial charge on any atom is 0.308 e. The Morgan fingerprint density at radius 1 is 0.662 bits per heavy atom. The second-order valence-electron chi connectivity index (χ2n) is 19.4. The molecule has 2 bridgehead atoms. The number of rotatable bonds is 4. The van der Waals surface area contributed by atoms with Crippen molar-refractivity contribution in [2.24, 2.45) is 23.5 Å². The van der Waals surface area contributed by atoms with E-state index in [-0.39, 0.29) is 44.8 Å². The SMILES string of the molecule is C[C@@H]1[C@H](O)[C@@H](C)/C=C/C=C/C=C/C=C/C=C/C=C/C=C/[C@H](O[C@@H]2O[C@H](C)[C@@H](O)[C@H](N)[C@@H]2O)C[C@@H]2O[C@](O)(C[C@@H](O)C[C@@H](O)[C@H](O)CC[C@@H](O)C[C@@H](O)CC(=O)O[C@H]1C)C[C@H](O)[C@H]2C(=O)N[C@H]1COC[C@@H]1O. The van der Waals surface area contributed by atoms with Gasteiger partial charge in [0.25, 0.3) is 0 Å². The van der Waals surface area contributed by atoms with Crippen molar-refractivity contribution in [2.45, 2.75) is 189 Å². The van der Waals surface area contributed by atoms with Gasteiger partial charge in [0.1, 0.15) is 12.2 Å². The standard InChI is InChI=1S/C51H80N2O18/c1-29-17-15-13-11-9-7-5-6-8-10-12-14-16-18-36(70-50-48(64)45(52)47(63)32(4)69-50)24-42-44(49(65)53-37-27-67-28-41(37)60)40(59)26-51(66,71-42)25-35(56)22-39(58)38(57)20-19-33(54)21-34(55)23-43(61)68-31(3)30(2)46(29)62/h5-18,29-42,44-48,50,54-60,62-64,66H,19-28,52H2,1-4H3,(H,53,65)/b6-5+,9-7+,10-8+,13-11+,14-12+,17-15+,18-16+/t29-,30-,31-,32+,33+,34+,35-,36-,37-,38+,39+,40-,41-,42-,44+,45-,46+,47+,48-,50-,51+/m0/s1. The summed E-state index contributed by atoms with van der Waals surface area (Å²) in [4.78, 5) is 26.6. The van der Waals surface area contributed by atoms with Crippen molar-refractivity contribution in [3.05, 3.63) is 85.1 Å². The summed E-state index contributed by atoms with van der Waals surface area (Å²) in [6, 6.07) is -1.98. The quantitative estimate of drug-likeness (QED) is 0.158. The molecule has 4 aliphatic heterocycles. The summed E-state index contributed by atoms with van der Waals surface area (Å²) in [6.07, 6.45) is 2.79. The lowest BCUT2D eigenvalue weighted by molar-refractivity contribution is -0.307. The third-order valence-electron chi connectivity index (χ3n) is 13.4. The number of hydrogen-bond acceptors (Lipinski definition) is 19. The smallest absolute Gasteiger partial charge is 0.308 e. The zero-order chi connectivity index (χ0) is 52.4. The van der Waals surface area contributed by atoms with E-state index in [1.165, 1.54) is 0 Å². The van der Waals surface area contributed by atoms with Crippen molar-refractivity contribution in [3.8, 4) is 0 Å². The van der Waals surface area contributed by atoms with E-state index in [1.807, 2.05) is 31.2 Å². The molecule has 402 valence electrons. The first kappa shape index (κ1) is 60.0. The summed E-state index contributed by atoms with van der Waals surface area (Å²) in [7, 11) is 0. The molecule has 4 heterocycles. The Kier molecular flexibility index (Phi) is 24.9. The minimum absolute atomic E-state index is 0.00762. The van der Waals surface area contributed by atoms with Gasteiger partial charge in [-0.2, -0.15) is 0 Å². The molecule has 0 aromatic carbocycles. The average molecular weight is 1010 g/mol. The fourth-order valence-corrected chi connectivity index (χ4v) is 8.95. The first-order valence-corrected chi connectivity index (χ1v) is 24.6. The van der Waals surface area contributed by atoms with Crippen LogP contribution in [0.2, 0.25) is 0 Å². The van der Waals surface area contributed by atoms with Crippen molar-refractivity contribution < 1.29 is 89.4 Å². The number of nitrogens with two attached hydrogens (primary N) is 1. The number of carbonyl (C=O) groups is 2. The van der Waals surface area contributed by atoms with Gasteiger partial charge < -0.3 is 90.9 Å². The van der Waals surface area contributed by atoms with Crippen LogP contribution in [0.25, 0.3) is 0 Å². The number of cyclic esters (lactones) is 1. The maximum atomic E-state index is 13.9. The van der Waals surface area contributed by atoms with Gasteiger partial charge in [-0.25, -0.2) is 0 Å². The van der Waals surface area contributed by atoms with Crippen molar-refractivity contribution in [1.29, 1.82) is 0 Å². The van der Waals surface area contributed by atoms with Crippen LogP contribution in [0.4, 0.5) is 0 Å². The molecule has 20 nitrogen and oxygen atoms in total. The van der Waals surface area contributed by atoms with Crippen molar-refractivity contribution in [1.82, 2.24) is 5.32 Å². The number of hydrogen-bond donors (Lipinski definition) is 13. The molecule has 3 saturated heterocycles. The first-order valence-electron chi connectivity index (χ1n) is 24.6. The molecule has 71 heavy (non-hydrogen) atoms. The molecule has 21 atom stereocenters. The van der Waals surface area contributed by atoms with Crippen LogP contribution in [0.5, 0.6) is 0 Å². The number of ether oxygens (including phenoxy) is 5. The van der Waals surface area contributed by atoms with E-state index in [0.717, 1.165) is 0 Å². The van der Waals surface area contributed by atoms with E-state index in [2.05, 4.69) is 5.32 Å². The molecule has 0 aromatic rings. The number of nitrogens with one attached hydrogen (secondary N) is 1. The van der Waals surface area contributed by atoms with E-state index in [0.29, 0.717) is 0 Å². The Labute approximate surface area is 416 Å². The molecule has 4 aliphatic rings. The predicted molar refractivity (Wildman–Crippen MR) is 258 cm³/mol. The van der Waals surface area contributed by atoms with Crippen LogP contribution in [0.1, 0.15) is 79.1 Å². The van der Waals surface area contributed by atoms with E-state index in [9.17, 15) is 65.8 Å². The number of amides is 1. The lowest BCUT2D eigenvalue weighted by atomic mass is 9.82.